The standard InChI is InChI=1S/C12H22N2O3/c1-9-5-14(6-10(2)17-9)12(16)8-13-4-3-11(15)7-13/h9-11,15H,3-8H2,1-2H3. The first-order valence-electron chi connectivity index (χ1n) is 6.38. The third-order valence-electron chi connectivity index (χ3n) is 3.38. The summed E-state index contributed by atoms with van der Waals surface area (Å²) in [5.41, 5.74) is 0. The second-order valence-corrected chi connectivity index (χ2v) is 5.23. The lowest BCUT2D eigenvalue weighted by Crippen LogP contribution is -2.50. The Bertz CT molecular complexity index is 275. The van der Waals surface area contributed by atoms with Crippen LogP contribution in [0.25, 0.3) is 0 Å². The number of carbonyl (C=O) groups excluding carboxylic acids is 1. The van der Waals surface area contributed by atoms with Gasteiger partial charge in [0.2, 0.25) is 5.91 Å². The van der Waals surface area contributed by atoms with Crippen molar-refractivity contribution in [2.75, 3.05) is 32.7 Å². The highest BCUT2D eigenvalue weighted by Crippen LogP contribution is 2.13. The molecule has 2 fully saturated rings. The molecule has 2 aliphatic heterocycles. The Balaban J connectivity index is 1.82. The number of aliphatic hydroxyl groups excluding tert-OH is 1. The number of nitrogens with zero attached hydrogens (tertiary/aromatic N) is 2. The van der Waals surface area contributed by atoms with Crippen LogP contribution < -0.4 is 0 Å². The van der Waals surface area contributed by atoms with E-state index < -0.39 is 0 Å². The van der Waals surface area contributed by atoms with Gasteiger partial charge in [-0.1, -0.05) is 0 Å². The Morgan fingerprint density at radius 3 is 2.47 bits per heavy atom. The molecule has 5 heteroatoms. The molecule has 98 valence electrons. The number of hydrogen-bond acceptors (Lipinski definition) is 4. The van der Waals surface area contributed by atoms with Crippen LogP contribution in [0.3, 0.4) is 0 Å². The van der Waals surface area contributed by atoms with Crippen molar-refractivity contribution in [3.05, 3.63) is 0 Å². The lowest BCUT2D eigenvalue weighted by molar-refractivity contribution is -0.144. The van der Waals surface area contributed by atoms with E-state index in [4.69, 9.17) is 4.74 Å². The molecule has 2 heterocycles. The molecular weight excluding hydrogens is 220 g/mol. The number of aliphatic hydroxyl groups is 1. The SMILES string of the molecule is CC1CN(C(=O)CN2CCC(O)C2)CC(C)O1. The van der Waals surface area contributed by atoms with Crippen molar-refractivity contribution in [2.24, 2.45) is 0 Å². The zero-order chi connectivity index (χ0) is 12.4. The van der Waals surface area contributed by atoms with E-state index in [0.717, 1.165) is 13.0 Å². The first kappa shape index (κ1) is 12.8. The molecule has 2 saturated heterocycles. The highest BCUT2D eigenvalue weighted by molar-refractivity contribution is 5.78. The van der Waals surface area contributed by atoms with E-state index in [9.17, 15) is 9.90 Å². The topological polar surface area (TPSA) is 53.0 Å². The number of likely N-dealkylation sites (tertiary alicyclic amines) is 1. The number of β-amino-alcohol motifs (C(OH)–C–C–N with tert-alkyl or cyclic N) is 1. The van der Waals surface area contributed by atoms with Gasteiger partial charge in [0, 0.05) is 26.2 Å². The molecule has 0 bridgehead atoms. The fourth-order valence-corrected chi connectivity index (χ4v) is 2.63. The largest absolute Gasteiger partial charge is 0.392 e. The van der Waals surface area contributed by atoms with Gasteiger partial charge in [0.1, 0.15) is 0 Å². The highest BCUT2D eigenvalue weighted by Gasteiger charge is 2.28. The fourth-order valence-electron chi connectivity index (χ4n) is 2.63. The van der Waals surface area contributed by atoms with Crippen molar-refractivity contribution < 1.29 is 14.6 Å². The van der Waals surface area contributed by atoms with E-state index in [0.29, 0.717) is 26.2 Å². The molecular formula is C12H22N2O3. The quantitative estimate of drug-likeness (QED) is 0.721. The molecule has 0 saturated carbocycles. The number of morpholine rings is 1. The molecule has 17 heavy (non-hydrogen) atoms. The third kappa shape index (κ3) is 3.40. The maximum absolute atomic E-state index is 12.1. The number of ether oxygens (including phenoxy) is 1. The summed E-state index contributed by atoms with van der Waals surface area (Å²) >= 11 is 0. The van der Waals surface area contributed by atoms with Crippen LogP contribution >= 0.6 is 0 Å². The van der Waals surface area contributed by atoms with E-state index in [1.54, 1.807) is 0 Å². The Morgan fingerprint density at radius 2 is 1.94 bits per heavy atom. The number of rotatable bonds is 2. The van der Waals surface area contributed by atoms with Crippen LogP contribution in [0.4, 0.5) is 0 Å². The van der Waals surface area contributed by atoms with E-state index in [-0.39, 0.29) is 24.2 Å². The van der Waals surface area contributed by atoms with E-state index in [1.807, 2.05) is 23.6 Å². The smallest absolute Gasteiger partial charge is 0.236 e. The van der Waals surface area contributed by atoms with Crippen molar-refractivity contribution in [3.63, 3.8) is 0 Å². The Hall–Kier alpha value is -0.650. The van der Waals surface area contributed by atoms with Crippen LogP contribution in [-0.2, 0) is 9.53 Å². The van der Waals surface area contributed by atoms with Crippen LogP contribution in [0, 0.1) is 0 Å². The predicted molar refractivity (Wildman–Crippen MR) is 63.7 cm³/mol. The molecule has 3 atom stereocenters. The van der Waals surface area contributed by atoms with Gasteiger partial charge in [0.25, 0.3) is 0 Å². The normalized spacial score (nSPS) is 35.2. The zero-order valence-electron chi connectivity index (χ0n) is 10.6. The predicted octanol–water partition coefficient (Wildman–Crippen LogP) is -0.311. The first-order chi connectivity index (χ1) is 8.04. The van der Waals surface area contributed by atoms with Gasteiger partial charge < -0.3 is 14.7 Å². The highest BCUT2D eigenvalue weighted by atomic mass is 16.5. The number of amides is 1. The van der Waals surface area contributed by atoms with Crippen LogP contribution in [0.15, 0.2) is 0 Å². The summed E-state index contributed by atoms with van der Waals surface area (Å²) in [5, 5.41) is 9.42. The number of carbonyl (C=O) groups is 1. The van der Waals surface area contributed by atoms with Gasteiger partial charge >= 0.3 is 0 Å². The van der Waals surface area contributed by atoms with Gasteiger partial charge in [-0.15, -0.1) is 0 Å². The zero-order valence-corrected chi connectivity index (χ0v) is 10.6. The average Bonchev–Trinajstić information content (AvgIpc) is 2.62. The minimum atomic E-state index is -0.259. The van der Waals surface area contributed by atoms with E-state index >= 15 is 0 Å². The van der Waals surface area contributed by atoms with Crippen LogP contribution in [0.2, 0.25) is 0 Å². The lowest BCUT2D eigenvalue weighted by Gasteiger charge is -2.36. The second-order valence-electron chi connectivity index (χ2n) is 5.23. The summed E-state index contributed by atoms with van der Waals surface area (Å²) in [4.78, 5) is 16.0. The lowest BCUT2D eigenvalue weighted by atomic mass is 10.2. The van der Waals surface area contributed by atoms with Gasteiger partial charge in [-0.2, -0.15) is 0 Å². The molecule has 2 aliphatic rings. The van der Waals surface area contributed by atoms with Gasteiger partial charge in [-0.3, -0.25) is 9.69 Å². The van der Waals surface area contributed by atoms with Crippen molar-refractivity contribution >= 4 is 5.91 Å². The van der Waals surface area contributed by atoms with Crippen molar-refractivity contribution in [1.29, 1.82) is 0 Å². The molecule has 0 radical (unpaired) electrons. The summed E-state index contributed by atoms with van der Waals surface area (Å²) in [6, 6.07) is 0. The molecule has 0 aliphatic carbocycles. The first-order valence-corrected chi connectivity index (χ1v) is 6.38. The molecule has 1 amide bonds. The second kappa shape index (κ2) is 5.33. The van der Waals surface area contributed by atoms with E-state index in [2.05, 4.69) is 0 Å². The number of hydrogen-bond donors (Lipinski definition) is 1. The molecule has 0 aromatic heterocycles. The van der Waals surface area contributed by atoms with Gasteiger partial charge in [0.05, 0.1) is 24.9 Å². The van der Waals surface area contributed by atoms with Crippen LogP contribution in [0.5, 0.6) is 0 Å². The minimum absolute atomic E-state index is 0.117. The van der Waals surface area contributed by atoms with Gasteiger partial charge in [0.15, 0.2) is 0 Å². The summed E-state index contributed by atoms with van der Waals surface area (Å²) < 4.78 is 5.61. The molecule has 2 rings (SSSR count). The Labute approximate surface area is 102 Å². The monoisotopic (exact) mass is 242 g/mol. The summed E-state index contributed by atoms with van der Waals surface area (Å²) in [6.45, 7) is 7.23. The molecule has 1 N–H and O–H groups in total. The Kier molecular flexibility index (Phi) is 4.01. The minimum Gasteiger partial charge on any atom is -0.392 e. The molecule has 0 spiro atoms. The molecule has 0 aromatic rings. The van der Waals surface area contributed by atoms with Crippen LogP contribution in [-0.4, -0.2) is 71.8 Å². The fraction of sp³-hybridized carbons (Fsp3) is 0.917. The summed E-state index contributed by atoms with van der Waals surface area (Å²) in [6.07, 6.45) is 0.757. The third-order valence-corrected chi connectivity index (χ3v) is 3.38. The van der Waals surface area contributed by atoms with Crippen molar-refractivity contribution in [3.8, 4) is 0 Å². The van der Waals surface area contributed by atoms with Gasteiger partial charge in [-0.25, -0.2) is 0 Å². The summed E-state index contributed by atoms with van der Waals surface area (Å²) in [5.74, 6) is 0.154. The summed E-state index contributed by atoms with van der Waals surface area (Å²) in [7, 11) is 0. The van der Waals surface area contributed by atoms with E-state index in [1.165, 1.54) is 0 Å². The van der Waals surface area contributed by atoms with Gasteiger partial charge in [-0.05, 0) is 20.3 Å². The molecule has 3 unspecified atom stereocenters. The van der Waals surface area contributed by atoms with Crippen molar-refractivity contribution in [1.82, 2.24) is 9.80 Å². The maximum Gasteiger partial charge on any atom is 0.236 e. The van der Waals surface area contributed by atoms with Crippen LogP contribution in [0.1, 0.15) is 20.3 Å². The maximum atomic E-state index is 12.1. The molecule has 5 nitrogen and oxygen atoms in total. The average molecular weight is 242 g/mol. The Morgan fingerprint density at radius 1 is 1.29 bits per heavy atom. The van der Waals surface area contributed by atoms with Crippen molar-refractivity contribution in [2.45, 2.75) is 38.6 Å². The molecule has 0 aromatic carbocycles.